The Morgan fingerprint density at radius 1 is 1.38 bits per heavy atom. The van der Waals surface area contributed by atoms with Crippen LogP contribution in [0.3, 0.4) is 0 Å². The third-order valence-corrected chi connectivity index (χ3v) is 4.29. The Hall–Kier alpha value is -1.39. The monoisotopic (exact) mass is 289 g/mol. The molecule has 116 valence electrons. The summed E-state index contributed by atoms with van der Waals surface area (Å²) in [5, 5.41) is 6.32. The van der Waals surface area contributed by atoms with Gasteiger partial charge in [-0.1, -0.05) is 30.3 Å². The maximum atomic E-state index is 11.9. The van der Waals surface area contributed by atoms with Gasteiger partial charge in [0.15, 0.2) is 0 Å². The molecule has 21 heavy (non-hydrogen) atoms. The van der Waals surface area contributed by atoms with E-state index in [0.29, 0.717) is 25.0 Å². The van der Waals surface area contributed by atoms with Crippen LogP contribution in [0.4, 0.5) is 0 Å². The molecule has 0 radical (unpaired) electrons. The Morgan fingerprint density at radius 2 is 2.14 bits per heavy atom. The lowest BCUT2D eigenvalue weighted by molar-refractivity contribution is -0.120. The molecule has 0 bridgehead atoms. The van der Waals surface area contributed by atoms with Gasteiger partial charge in [0.1, 0.15) is 0 Å². The summed E-state index contributed by atoms with van der Waals surface area (Å²) in [6, 6.07) is 10.4. The first-order chi connectivity index (χ1) is 10.1. The predicted octanol–water partition coefficient (Wildman–Crippen LogP) is 1.62. The van der Waals surface area contributed by atoms with Crippen molar-refractivity contribution in [2.24, 2.45) is 5.92 Å². The van der Waals surface area contributed by atoms with Crippen LogP contribution in [0.15, 0.2) is 30.3 Å². The summed E-state index contributed by atoms with van der Waals surface area (Å²) in [6.45, 7) is 5.50. The second-order valence-corrected chi connectivity index (χ2v) is 6.10. The molecule has 2 N–H and O–H groups in total. The molecule has 2 unspecified atom stereocenters. The van der Waals surface area contributed by atoms with Crippen molar-refractivity contribution in [3.8, 4) is 0 Å². The zero-order valence-electron chi connectivity index (χ0n) is 13.1. The molecular weight excluding hydrogens is 262 g/mol. The number of carbonyl (C=O) groups excluding carboxylic acids is 1. The number of hydrogen-bond acceptors (Lipinski definition) is 3. The molecule has 1 aliphatic rings. The van der Waals surface area contributed by atoms with Crippen molar-refractivity contribution in [3.63, 3.8) is 0 Å². The number of amides is 1. The highest BCUT2D eigenvalue weighted by Crippen LogP contribution is 2.18. The quantitative estimate of drug-likeness (QED) is 0.836. The van der Waals surface area contributed by atoms with E-state index in [1.54, 1.807) is 0 Å². The van der Waals surface area contributed by atoms with Gasteiger partial charge in [-0.05, 0) is 44.8 Å². The average molecular weight is 289 g/mol. The van der Waals surface area contributed by atoms with Crippen molar-refractivity contribution < 1.29 is 4.79 Å². The van der Waals surface area contributed by atoms with Crippen molar-refractivity contribution in [1.29, 1.82) is 0 Å². The molecule has 2 rings (SSSR count). The second kappa shape index (κ2) is 8.15. The number of piperidine rings is 1. The van der Waals surface area contributed by atoms with Gasteiger partial charge in [0, 0.05) is 19.1 Å². The molecule has 1 heterocycles. The second-order valence-electron chi connectivity index (χ2n) is 6.10. The fourth-order valence-electron chi connectivity index (χ4n) is 2.89. The van der Waals surface area contributed by atoms with Gasteiger partial charge in [-0.15, -0.1) is 0 Å². The molecule has 1 aromatic carbocycles. The van der Waals surface area contributed by atoms with Crippen molar-refractivity contribution in [3.05, 3.63) is 35.9 Å². The smallest absolute Gasteiger partial charge is 0.234 e. The maximum absolute atomic E-state index is 11.9. The number of hydrogen-bond donors (Lipinski definition) is 2. The van der Waals surface area contributed by atoms with E-state index in [-0.39, 0.29) is 5.91 Å². The highest BCUT2D eigenvalue weighted by Gasteiger charge is 2.22. The lowest BCUT2D eigenvalue weighted by Crippen LogP contribution is -2.46. The first kappa shape index (κ1) is 16.0. The zero-order valence-corrected chi connectivity index (χ0v) is 13.1. The summed E-state index contributed by atoms with van der Waals surface area (Å²) < 4.78 is 0. The topological polar surface area (TPSA) is 44.4 Å². The highest BCUT2D eigenvalue weighted by molar-refractivity contribution is 5.78. The third-order valence-electron chi connectivity index (χ3n) is 4.29. The number of carbonyl (C=O) groups is 1. The molecule has 0 spiro atoms. The van der Waals surface area contributed by atoms with Crippen LogP contribution in [-0.4, -0.2) is 43.5 Å². The van der Waals surface area contributed by atoms with Crippen molar-refractivity contribution in [2.45, 2.75) is 32.4 Å². The van der Waals surface area contributed by atoms with Gasteiger partial charge in [0.25, 0.3) is 0 Å². The number of rotatable bonds is 6. The zero-order chi connectivity index (χ0) is 15.1. The van der Waals surface area contributed by atoms with Crippen LogP contribution in [0.1, 0.15) is 25.3 Å². The lowest BCUT2D eigenvalue weighted by atomic mass is 9.92. The molecule has 4 heteroatoms. The summed E-state index contributed by atoms with van der Waals surface area (Å²) in [6.07, 6.45) is 2.51. The van der Waals surface area contributed by atoms with E-state index in [1.807, 2.05) is 30.3 Å². The first-order valence-corrected chi connectivity index (χ1v) is 7.87. The van der Waals surface area contributed by atoms with E-state index in [2.05, 4.69) is 29.5 Å². The molecule has 1 amide bonds. The van der Waals surface area contributed by atoms with Crippen LogP contribution in [0.25, 0.3) is 0 Å². The standard InChI is InChI=1S/C17H27N3O/c1-14(16-9-6-10-20(2)13-16)18-12-17(21)19-11-15-7-4-3-5-8-15/h3-5,7-8,14,16,18H,6,9-13H2,1-2H3,(H,19,21). The summed E-state index contributed by atoms with van der Waals surface area (Å²) in [7, 11) is 2.17. The van der Waals surface area contributed by atoms with Gasteiger partial charge < -0.3 is 15.5 Å². The van der Waals surface area contributed by atoms with E-state index >= 15 is 0 Å². The molecule has 4 nitrogen and oxygen atoms in total. The molecule has 1 aromatic rings. The molecule has 0 aliphatic carbocycles. The van der Waals surface area contributed by atoms with E-state index in [0.717, 1.165) is 12.1 Å². The molecule has 1 aliphatic heterocycles. The fraction of sp³-hybridized carbons (Fsp3) is 0.588. The third kappa shape index (κ3) is 5.48. The Kier molecular flexibility index (Phi) is 6.21. The SMILES string of the molecule is CC(NCC(=O)NCc1ccccc1)C1CCCN(C)C1. The lowest BCUT2D eigenvalue weighted by Gasteiger charge is -2.33. The summed E-state index contributed by atoms with van der Waals surface area (Å²) in [4.78, 5) is 14.3. The van der Waals surface area contributed by atoms with Crippen LogP contribution in [0.5, 0.6) is 0 Å². The van der Waals surface area contributed by atoms with Gasteiger partial charge in [0.2, 0.25) is 5.91 Å². The maximum Gasteiger partial charge on any atom is 0.234 e. The van der Waals surface area contributed by atoms with Crippen LogP contribution in [0, 0.1) is 5.92 Å². The summed E-state index contributed by atoms with van der Waals surface area (Å²) in [5.74, 6) is 0.709. The average Bonchev–Trinajstić information content (AvgIpc) is 2.51. The molecule has 0 aromatic heterocycles. The van der Waals surface area contributed by atoms with Gasteiger partial charge in [-0.2, -0.15) is 0 Å². The largest absolute Gasteiger partial charge is 0.351 e. The van der Waals surface area contributed by atoms with Crippen LogP contribution < -0.4 is 10.6 Å². The minimum Gasteiger partial charge on any atom is -0.351 e. The van der Waals surface area contributed by atoms with E-state index in [1.165, 1.54) is 19.4 Å². The number of likely N-dealkylation sites (tertiary alicyclic amines) is 1. The molecule has 0 saturated carbocycles. The molecular formula is C17H27N3O. The summed E-state index contributed by atoms with van der Waals surface area (Å²) in [5.41, 5.74) is 1.13. The van der Waals surface area contributed by atoms with Crippen LogP contribution >= 0.6 is 0 Å². The van der Waals surface area contributed by atoms with Crippen molar-refractivity contribution in [1.82, 2.24) is 15.5 Å². The van der Waals surface area contributed by atoms with Crippen LogP contribution in [-0.2, 0) is 11.3 Å². The first-order valence-electron chi connectivity index (χ1n) is 7.87. The van der Waals surface area contributed by atoms with Crippen molar-refractivity contribution in [2.75, 3.05) is 26.7 Å². The van der Waals surface area contributed by atoms with Gasteiger partial charge in [-0.25, -0.2) is 0 Å². The van der Waals surface area contributed by atoms with Crippen molar-refractivity contribution >= 4 is 5.91 Å². The van der Waals surface area contributed by atoms with E-state index in [9.17, 15) is 4.79 Å². The molecule has 1 fully saturated rings. The Bertz CT molecular complexity index is 435. The normalized spacial score (nSPS) is 21.0. The van der Waals surface area contributed by atoms with E-state index in [4.69, 9.17) is 0 Å². The minimum absolute atomic E-state index is 0.0647. The van der Waals surface area contributed by atoms with E-state index < -0.39 is 0 Å². The fourth-order valence-corrected chi connectivity index (χ4v) is 2.89. The highest BCUT2D eigenvalue weighted by atomic mass is 16.1. The Labute approximate surface area is 127 Å². The summed E-state index contributed by atoms with van der Waals surface area (Å²) >= 11 is 0. The van der Waals surface area contributed by atoms with Gasteiger partial charge >= 0.3 is 0 Å². The Balaban J connectivity index is 1.66. The number of nitrogens with zero attached hydrogens (tertiary/aromatic N) is 1. The molecule has 1 saturated heterocycles. The van der Waals surface area contributed by atoms with Gasteiger partial charge in [-0.3, -0.25) is 4.79 Å². The minimum atomic E-state index is 0.0647. The van der Waals surface area contributed by atoms with Gasteiger partial charge in [0.05, 0.1) is 6.54 Å². The molecule has 2 atom stereocenters. The number of nitrogens with one attached hydrogen (secondary N) is 2. The Morgan fingerprint density at radius 3 is 2.86 bits per heavy atom. The number of benzene rings is 1. The van der Waals surface area contributed by atoms with Crippen LogP contribution in [0.2, 0.25) is 0 Å². The predicted molar refractivity (Wildman–Crippen MR) is 86.0 cm³/mol.